The first-order chi connectivity index (χ1) is 12.6. The molecular formula is C21H30N3O2+. The first-order valence-corrected chi connectivity index (χ1v) is 9.46. The smallest absolute Gasteiger partial charge is 0.269 e. The van der Waals surface area contributed by atoms with Crippen LogP contribution in [0.3, 0.4) is 0 Å². The lowest BCUT2D eigenvalue weighted by molar-refractivity contribution is -0.939. The Morgan fingerprint density at radius 3 is 2.08 bits per heavy atom. The lowest BCUT2D eigenvalue weighted by Crippen LogP contribution is -2.51. The van der Waals surface area contributed by atoms with Crippen LogP contribution in [0.25, 0.3) is 0 Å². The van der Waals surface area contributed by atoms with Crippen LogP contribution in [0.2, 0.25) is 0 Å². The van der Waals surface area contributed by atoms with Crippen molar-refractivity contribution in [2.24, 2.45) is 0 Å². The van der Waals surface area contributed by atoms with Gasteiger partial charge in [0.2, 0.25) is 0 Å². The highest BCUT2D eigenvalue weighted by Crippen LogP contribution is 2.20. The Balaban J connectivity index is 2.08. The topological polar surface area (TPSA) is 55.2 Å². The van der Waals surface area contributed by atoms with Crippen molar-refractivity contribution in [2.75, 3.05) is 31.5 Å². The van der Waals surface area contributed by atoms with Crippen LogP contribution < -0.4 is 5.32 Å². The fourth-order valence-corrected chi connectivity index (χ4v) is 3.63. The van der Waals surface area contributed by atoms with Crippen molar-refractivity contribution >= 4 is 11.4 Å². The van der Waals surface area contributed by atoms with Gasteiger partial charge >= 0.3 is 0 Å². The summed E-state index contributed by atoms with van der Waals surface area (Å²) < 4.78 is 1.00. The number of nitrogens with zero attached hydrogens (tertiary/aromatic N) is 2. The van der Waals surface area contributed by atoms with Crippen molar-refractivity contribution in [3.05, 3.63) is 70.3 Å². The maximum absolute atomic E-state index is 10.9. The standard InChI is InChI=1S/C21H30N3O2/c1-3-15-24(16-4-2,17-14-22-20-8-6-5-7-9-20)18-19-10-12-21(13-11-19)23(25)26/h5-13,22H,3-4,14-18H2,1-2H3/q+1. The summed E-state index contributed by atoms with van der Waals surface area (Å²) in [5, 5.41) is 14.4. The summed E-state index contributed by atoms with van der Waals surface area (Å²) in [4.78, 5) is 10.5. The third kappa shape index (κ3) is 5.85. The number of anilines is 1. The predicted molar refractivity (Wildman–Crippen MR) is 107 cm³/mol. The molecule has 2 aromatic carbocycles. The van der Waals surface area contributed by atoms with Crippen LogP contribution in [0.15, 0.2) is 54.6 Å². The minimum Gasteiger partial charge on any atom is -0.379 e. The molecule has 140 valence electrons. The van der Waals surface area contributed by atoms with Crippen LogP contribution in [0, 0.1) is 10.1 Å². The van der Waals surface area contributed by atoms with E-state index in [4.69, 9.17) is 0 Å². The predicted octanol–water partition coefficient (Wildman–Crippen LogP) is 4.84. The molecular weight excluding hydrogens is 326 g/mol. The van der Waals surface area contributed by atoms with Gasteiger partial charge < -0.3 is 9.80 Å². The zero-order valence-corrected chi connectivity index (χ0v) is 15.9. The van der Waals surface area contributed by atoms with Crippen LogP contribution in [0.5, 0.6) is 0 Å². The fraction of sp³-hybridized carbons (Fsp3) is 0.429. The molecule has 0 aromatic heterocycles. The molecule has 5 heteroatoms. The summed E-state index contributed by atoms with van der Waals surface area (Å²) in [7, 11) is 0. The summed E-state index contributed by atoms with van der Waals surface area (Å²) >= 11 is 0. The molecule has 0 atom stereocenters. The van der Waals surface area contributed by atoms with E-state index >= 15 is 0 Å². The maximum Gasteiger partial charge on any atom is 0.269 e. The fourth-order valence-electron chi connectivity index (χ4n) is 3.63. The largest absolute Gasteiger partial charge is 0.379 e. The van der Waals surface area contributed by atoms with Crippen molar-refractivity contribution in [3.63, 3.8) is 0 Å². The molecule has 0 aliphatic carbocycles. The molecule has 0 spiro atoms. The Labute approximate surface area is 156 Å². The lowest BCUT2D eigenvalue weighted by atomic mass is 10.1. The molecule has 2 rings (SSSR count). The SMILES string of the molecule is CCC[N+](CCC)(CCNc1ccccc1)Cc1ccc([N+](=O)[O-])cc1. The van der Waals surface area contributed by atoms with Crippen LogP contribution in [-0.4, -0.2) is 35.6 Å². The second-order valence-corrected chi connectivity index (χ2v) is 6.89. The maximum atomic E-state index is 10.9. The van der Waals surface area contributed by atoms with E-state index in [1.54, 1.807) is 12.1 Å². The summed E-state index contributed by atoms with van der Waals surface area (Å²) in [5.74, 6) is 0. The average Bonchev–Trinajstić information content (AvgIpc) is 2.63. The number of nitro benzene ring substituents is 1. The van der Waals surface area contributed by atoms with Crippen LogP contribution >= 0.6 is 0 Å². The molecule has 5 nitrogen and oxygen atoms in total. The van der Waals surface area contributed by atoms with Crippen LogP contribution in [-0.2, 0) is 6.54 Å². The molecule has 2 aromatic rings. The lowest BCUT2D eigenvalue weighted by Gasteiger charge is -2.39. The number of quaternary nitrogens is 1. The number of nitrogens with one attached hydrogen (secondary N) is 1. The number of benzene rings is 2. The van der Waals surface area contributed by atoms with E-state index < -0.39 is 0 Å². The van der Waals surface area contributed by atoms with E-state index in [0.29, 0.717) is 0 Å². The molecule has 0 radical (unpaired) electrons. The first-order valence-electron chi connectivity index (χ1n) is 9.46. The number of rotatable bonds is 11. The van der Waals surface area contributed by atoms with E-state index in [0.717, 1.165) is 61.3 Å². The number of hydrogen-bond acceptors (Lipinski definition) is 3. The van der Waals surface area contributed by atoms with Gasteiger partial charge in [0, 0.05) is 23.4 Å². The third-order valence-electron chi connectivity index (χ3n) is 4.75. The van der Waals surface area contributed by atoms with Gasteiger partial charge in [0.1, 0.15) is 6.54 Å². The van der Waals surface area contributed by atoms with Gasteiger partial charge in [0.25, 0.3) is 5.69 Å². The van der Waals surface area contributed by atoms with Crippen molar-refractivity contribution < 1.29 is 9.41 Å². The van der Waals surface area contributed by atoms with Crippen molar-refractivity contribution in [2.45, 2.75) is 33.2 Å². The van der Waals surface area contributed by atoms with Crippen molar-refractivity contribution in [1.82, 2.24) is 0 Å². The van der Waals surface area contributed by atoms with Gasteiger partial charge in [0.05, 0.1) is 31.1 Å². The van der Waals surface area contributed by atoms with Gasteiger partial charge in [-0.25, -0.2) is 0 Å². The highest BCUT2D eigenvalue weighted by molar-refractivity contribution is 5.42. The number of nitro groups is 1. The molecule has 0 unspecified atom stereocenters. The molecule has 1 N–H and O–H groups in total. The normalized spacial score (nSPS) is 11.3. The van der Waals surface area contributed by atoms with Gasteiger partial charge in [-0.3, -0.25) is 10.1 Å². The Morgan fingerprint density at radius 1 is 0.923 bits per heavy atom. The number of para-hydroxylation sites is 1. The number of non-ortho nitro benzene ring substituents is 1. The molecule has 0 heterocycles. The van der Waals surface area contributed by atoms with E-state index in [1.807, 2.05) is 30.3 Å². The second-order valence-electron chi connectivity index (χ2n) is 6.89. The minimum atomic E-state index is -0.340. The van der Waals surface area contributed by atoms with Crippen LogP contribution in [0.4, 0.5) is 11.4 Å². The third-order valence-corrected chi connectivity index (χ3v) is 4.75. The zero-order chi connectivity index (χ0) is 18.8. The molecule has 0 fully saturated rings. The van der Waals surface area contributed by atoms with E-state index in [9.17, 15) is 10.1 Å². The highest BCUT2D eigenvalue weighted by atomic mass is 16.6. The second kappa shape index (κ2) is 9.92. The summed E-state index contributed by atoms with van der Waals surface area (Å²) in [5.41, 5.74) is 2.47. The van der Waals surface area contributed by atoms with Gasteiger partial charge in [-0.15, -0.1) is 0 Å². The Morgan fingerprint density at radius 2 is 1.54 bits per heavy atom. The van der Waals surface area contributed by atoms with E-state index in [1.165, 1.54) is 0 Å². The first kappa shape index (κ1) is 19.9. The monoisotopic (exact) mass is 356 g/mol. The number of hydrogen-bond donors (Lipinski definition) is 1. The van der Waals surface area contributed by atoms with Gasteiger partial charge in [-0.05, 0) is 37.1 Å². The highest BCUT2D eigenvalue weighted by Gasteiger charge is 2.26. The summed E-state index contributed by atoms with van der Waals surface area (Å²) in [6, 6.07) is 17.3. The Kier molecular flexibility index (Phi) is 7.60. The summed E-state index contributed by atoms with van der Waals surface area (Å²) in [6.45, 7) is 9.54. The van der Waals surface area contributed by atoms with Gasteiger partial charge in [0.15, 0.2) is 0 Å². The van der Waals surface area contributed by atoms with Crippen molar-refractivity contribution in [1.29, 1.82) is 0 Å². The molecule has 0 saturated carbocycles. The van der Waals surface area contributed by atoms with Gasteiger partial charge in [-0.1, -0.05) is 32.0 Å². The van der Waals surface area contributed by atoms with Crippen molar-refractivity contribution in [3.8, 4) is 0 Å². The molecule has 0 aliphatic rings. The zero-order valence-electron chi connectivity index (χ0n) is 15.9. The van der Waals surface area contributed by atoms with E-state index in [2.05, 4.69) is 31.3 Å². The molecule has 26 heavy (non-hydrogen) atoms. The van der Waals surface area contributed by atoms with Crippen LogP contribution in [0.1, 0.15) is 32.3 Å². The quantitative estimate of drug-likeness (QED) is 0.356. The average molecular weight is 356 g/mol. The summed E-state index contributed by atoms with van der Waals surface area (Å²) in [6.07, 6.45) is 2.25. The molecule has 0 aliphatic heterocycles. The molecule has 0 amide bonds. The van der Waals surface area contributed by atoms with E-state index in [-0.39, 0.29) is 10.6 Å². The molecule has 0 saturated heterocycles. The van der Waals surface area contributed by atoms with Gasteiger partial charge in [-0.2, -0.15) is 0 Å². The minimum absolute atomic E-state index is 0.156. The molecule has 0 bridgehead atoms. The Hall–Kier alpha value is -2.40. The Bertz CT molecular complexity index is 665.